The van der Waals surface area contributed by atoms with Crippen molar-refractivity contribution in [1.82, 2.24) is 0 Å². The Kier molecular flexibility index (Phi) is 5.08. The maximum Gasteiger partial charge on any atom is 0.259 e. The summed E-state index contributed by atoms with van der Waals surface area (Å²) in [5.41, 5.74) is 2.72. The Morgan fingerprint density at radius 2 is 1.88 bits per heavy atom. The highest BCUT2D eigenvalue weighted by atomic mass is 79.9. The zero-order chi connectivity index (χ0) is 18.0. The Bertz CT molecular complexity index is 831. The van der Waals surface area contributed by atoms with Crippen molar-refractivity contribution in [3.63, 3.8) is 0 Å². The lowest BCUT2D eigenvalue weighted by molar-refractivity contribution is -0.117. The lowest BCUT2D eigenvalue weighted by Gasteiger charge is -2.13. The number of halogens is 1. The number of anilines is 2. The van der Waals surface area contributed by atoms with Gasteiger partial charge in [0.2, 0.25) is 5.91 Å². The zero-order valence-electron chi connectivity index (χ0n) is 14.1. The normalized spacial score (nSPS) is 13.2. The molecule has 0 atom stereocenters. The van der Waals surface area contributed by atoms with Crippen molar-refractivity contribution in [3.8, 4) is 5.75 Å². The van der Waals surface area contributed by atoms with Crippen molar-refractivity contribution in [2.75, 3.05) is 17.7 Å². The first-order valence-electron chi connectivity index (χ1n) is 8.04. The van der Waals surface area contributed by atoms with Gasteiger partial charge in [0.05, 0.1) is 12.7 Å². The van der Waals surface area contributed by atoms with Crippen LogP contribution in [0.3, 0.4) is 0 Å². The number of methoxy groups -OCH3 is 1. The van der Waals surface area contributed by atoms with E-state index in [1.807, 2.05) is 25.1 Å². The zero-order valence-corrected chi connectivity index (χ0v) is 15.6. The molecule has 25 heavy (non-hydrogen) atoms. The topological polar surface area (TPSA) is 67.4 Å². The molecule has 2 N–H and O–H groups in total. The summed E-state index contributed by atoms with van der Waals surface area (Å²) in [6.45, 7) is 1.92. The van der Waals surface area contributed by atoms with Gasteiger partial charge in [-0.15, -0.1) is 0 Å². The fourth-order valence-corrected chi connectivity index (χ4v) is 2.83. The van der Waals surface area contributed by atoms with Crippen LogP contribution < -0.4 is 15.4 Å². The molecule has 0 radical (unpaired) electrons. The van der Waals surface area contributed by atoms with Crippen molar-refractivity contribution in [2.45, 2.75) is 19.8 Å². The number of carbonyl (C=O) groups excluding carboxylic acids is 2. The van der Waals surface area contributed by atoms with Crippen LogP contribution in [0.5, 0.6) is 5.75 Å². The molecule has 6 heteroatoms. The van der Waals surface area contributed by atoms with E-state index in [4.69, 9.17) is 4.74 Å². The molecular weight excluding hydrogens is 384 g/mol. The molecule has 2 aromatic rings. The van der Waals surface area contributed by atoms with Crippen molar-refractivity contribution in [3.05, 3.63) is 52.0 Å². The van der Waals surface area contributed by atoms with E-state index >= 15 is 0 Å². The molecule has 1 saturated carbocycles. The quantitative estimate of drug-likeness (QED) is 0.779. The molecule has 0 bridgehead atoms. The lowest BCUT2D eigenvalue weighted by atomic mass is 10.1. The molecule has 0 aromatic heterocycles. The van der Waals surface area contributed by atoms with E-state index in [1.165, 1.54) is 7.11 Å². The maximum atomic E-state index is 12.6. The van der Waals surface area contributed by atoms with Crippen LogP contribution in [-0.2, 0) is 4.79 Å². The number of hydrogen-bond donors (Lipinski definition) is 2. The van der Waals surface area contributed by atoms with E-state index in [2.05, 4.69) is 26.6 Å². The Balaban J connectivity index is 1.79. The molecule has 1 aliphatic rings. The lowest BCUT2D eigenvalue weighted by Crippen LogP contribution is -2.16. The SMILES string of the molecule is COc1ccc(Br)cc1C(=O)Nc1ccc(C)c(NC(=O)C2CC2)c1. The molecule has 0 spiro atoms. The van der Waals surface area contributed by atoms with Crippen LogP contribution in [0.15, 0.2) is 40.9 Å². The summed E-state index contributed by atoms with van der Waals surface area (Å²) in [4.78, 5) is 24.6. The predicted molar refractivity (Wildman–Crippen MR) is 101 cm³/mol. The standard InChI is InChI=1S/C19H19BrN2O3/c1-11-3-7-14(10-16(11)22-18(23)12-4-5-12)21-19(24)15-9-13(20)6-8-17(15)25-2/h3,6-10,12H,4-5H2,1-2H3,(H,21,24)(H,22,23). The maximum absolute atomic E-state index is 12.6. The smallest absolute Gasteiger partial charge is 0.259 e. The molecule has 0 aliphatic heterocycles. The molecule has 0 saturated heterocycles. The summed E-state index contributed by atoms with van der Waals surface area (Å²) >= 11 is 3.36. The predicted octanol–water partition coefficient (Wildman–Crippen LogP) is 4.37. The fraction of sp³-hybridized carbons (Fsp3) is 0.263. The summed E-state index contributed by atoms with van der Waals surface area (Å²) in [7, 11) is 1.53. The van der Waals surface area contributed by atoms with Crippen LogP contribution in [0.2, 0.25) is 0 Å². The minimum Gasteiger partial charge on any atom is -0.496 e. The molecule has 5 nitrogen and oxygen atoms in total. The third kappa shape index (κ3) is 4.20. The van der Waals surface area contributed by atoms with Gasteiger partial charge in [-0.05, 0) is 55.7 Å². The first-order valence-corrected chi connectivity index (χ1v) is 8.83. The molecule has 130 valence electrons. The summed E-state index contributed by atoms with van der Waals surface area (Å²) in [5, 5.41) is 5.79. The second kappa shape index (κ2) is 7.27. The van der Waals surface area contributed by atoms with Gasteiger partial charge in [-0.3, -0.25) is 9.59 Å². The first-order chi connectivity index (χ1) is 12.0. The van der Waals surface area contributed by atoms with Crippen molar-refractivity contribution in [1.29, 1.82) is 0 Å². The average molecular weight is 403 g/mol. The summed E-state index contributed by atoms with van der Waals surface area (Å²) < 4.78 is 6.04. The van der Waals surface area contributed by atoms with Crippen LogP contribution in [0.25, 0.3) is 0 Å². The number of ether oxygens (including phenoxy) is 1. The highest BCUT2D eigenvalue weighted by Gasteiger charge is 2.29. The Hall–Kier alpha value is -2.34. The van der Waals surface area contributed by atoms with Gasteiger partial charge in [-0.25, -0.2) is 0 Å². The van der Waals surface area contributed by atoms with E-state index in [0.717, 1.165) is 28.6 Å². The average Bonchev–Trinajstić information content (AvgIpc) is 3.43. The highest BCUT2D eigenvalue weighted by molar-refractivity contribution is 9.10. The fourth-order valence-electron chi connectivity index (χ4n) is 2.47. The van der Waals surface area contributed by atoms with Crippen LogP contribution in [0.1, 0.15) is 28.8 Å². The number of aryl methyl sites for hydroxylation is 1. The van der Waals surface area contributed by atoms with Gasteiger partial charge in [-0.1, -0.05) is 22.0 Å². The number of nitrogens with one attached hydrogen (secondary N) is 2. The first kappa shape index (κ1) is 17.5. The third-order valence-electron chi connectivity index (χ3n) is 4.11. The molecular formula is C19H19BrN2O3. The van der Waals surface area contributed by atoms with Crippen molar-refractivity contribution in [2.24, 2.45) is 5.92 Å². The van der Waals surface area contributed by atoms with E-state index in [9.17, 15) is 9.59 Å². The Labute approximate surface area is 154 Å². The van der Waals surface area contributed by atoms with Gasteiger partial charge in [-0.2, -0.15) is 0 Å². The highest BCUT2D eigenvalue weighted by Crippen LogP contribution is 2.31. The van der Waals surface area contributed by atoms with Gasteiger partial charge in [0, 0.05) is 21.8 Å². The second-order valence-electron chi connectivity index (χ2n) is 6.09. The van der Waals surface area contributed by atoms with Crippen LogP contribution in [0, 0.1) is 12.8 Å². The van der Waals surface area contributed by atoms with Gasteiger partial charge in [0.25, 0.3) is 5.91 Å². The molecule has 2 aromatic carbocycles. The van der Waals surface area contributed by atoms with Crippen molar-refractivity contribution < 1.29 is 14.3 Å². The second-order valence-corrected chi connectivity index (χ2v) is 7.01. The third-order valence-corrected chi connectivity index (χ3v) is 4.60. The van der Waals surface area contributed by atoms with Gasteiger partial charge in [0.1, 0.15) is 5.75 Å². The molecule has 3 rings (SSSR count). The number of carbonyl (C=O) groups is 2. The molecule has 0 unspecified atom stereocenters. The van der Waals surface area contributed by atoms with Gasteiger partial charge < -0.3 is 15.4 Å². The molecule has 2 amide bonds. The van der Waals surface area contributed by atoms with E-state index in [0.29, 0.717) is 17.0 Å². The molecule has 1 fully saturated rings. The number of hydrogen-bond acceptors (Lipinski definition) is 3. The molecule has 1 aliphatic carbocycles. The largest absolute Gasteiger partial charge is 0.496 e. The van der Waals surface area contributed by atoms with Crippen LogP contribution in [0.4, 0.5) is 11.4 Å². The van der Waals surface area contributed by atoms with E-state index < -0.39 is 0 Å². The summed E-state index contributed by atoms with van der Waals surface area (Å²) in [6.07, 6.45) is 1.90. The van der Waals surface area contributed by atoms with Gasteiger partial charge in [0.15, 0.2) is 0 Å². The molecule has 0 heterocycles. The monoisotopic (exact) mass is 402 g/mol. The number of rotatable bonds is 5. The summed E-state index contributed by atoms with van der Waals surface area (Å²) in [6, 6.07) is 10.7. The van der Waals surface area contributed by atoms with Crippen molar-refractivity contribution >= 4 is 39.1 Å². The Morgan fingerprint density at radius 3 is 2.56 bits per heavy atom. The number of benzene rings is 2. The van der Waals surface area contributed by atoms with E-state index in [1.54, 1.807) is 18.2 Å². The van der Waals surface area contributed by atoms with Gasteiger partial charge >= 0.3 is 0 Å². The van der Waals surface area contributed by atoms with Crippen LogP contribution >= 0.6 is 15.9 Å². The van der Waals surface area contributed by atoms with Crippen LogP contribution in [-0.4, -0.2) is 18.9 Å². The van der Waals surface area contributed by atoms with E-state index in [-0.39, 0.29) is 17.7 Å². The number of amides is 2. The summed E-state index contributed by atoms with van der Waals surface area (Å²) in [5.74, 6) is 0.389. The Morgan fingerprint density at radius 1 is 1.12 bits per heavy atom. The minimum absolute atomic E-state index is 0.0419. The minimum atomic E-state index is -0.276.